The van der Waals surface area contributed by atoms with Gasteiger partial charge in [0.1, 0.15) is 0 Å². The van der Waals surface area contributed by atoms with Crippen LogP contribution in [0.15, 0.2) is 28.8 Å². The Labute approximate surface area is 139 Å². The third kappa shape index (κ3) is 3.65. The number of carbonyl (C=O) groups is 1. The molecule has 2 atom stereocenters. The predicted octanol–water partition coefficient (Wildman–Crippen LogP) is 3.14. The van der Waals surface area contributed by atoms with Gasteiger partial charge in [-0.3, -0.25) is 4.79 Å². The van der Waals surface area contributed by atoms with Crippen LogP contribution in [0.25, 0.3) is 11.3 Å². The molecule has 1 aliphatic carbocycles. The van der Waals surface area contributed by atoms with Crippen molar-refractivity contribution in [2.75, 3.05) is 0 Å². The van der Waals surface area contributed by atoms with Crippen molar-refractivity contribution in [3.05, 3.63) is 41.3 Å². The summed E-state index contributed by atoms with van der Waals surface area (Å²) in [6.07, 6.45) is -3.52. The molecule has 2 N–H and O–H groups in total. The smallest absolute Gasteiger partial charge is 0.393 e. The first-order valence-electron chi connectivity index (χ1n) is 7.57. The van der Waals surface area contributed by atoms with Crippen LogP contribution in [0.3, 0.4) is 0 Å². The van der Waals surface area contributed by atoms with Crippen LogP contribution in [0, 0.1) is 5.82 Å². The molecular formula is C16H14F4N2O3. The minimum atomic E-state index is -4.50. The van der Waals surface area contributed by atoms with Gasteiger partial charge in [0, 0.05) is 11.6 Å². The third-order valence-electron chi connectivity index (χ3n) is 4.07. The zero-order valence-electron chi connectivity index (χ0n) is 12.8. The van der Waals surface area contributed by atoms with Crippen molar-refractivity contribution < 1.29 is 32.0 Å². The van der Waals surface area contributed by atoms with Crippen LogP contribution in [0.5, 0.6) is 0 Å². The fraction of sp³-hybridized carbons (Fsp3) is 0.375. The van der Waals surface area contributed by atoms with Crippen molar-refractivity contribution in [2.24, 2.45) is 0 Å². The molecule has 0 bridgehead atoms. The van der Waals surface area contributed by atoms with Gasteiger partial charge in [0.15, 0.2) is 0 Å². The summed E-state index contributed by atoms with van der Waals surface area (Å²) < 4.78 is 56.8. The van der Waals surface area contributed by atoms with E-state index in [0.717, 1.165) is 24.3 Å². The van der Waals surface area contributed by atoms with E-state index in [4.69, 9.17) is 4.52 Å². The van der Waals surface area contributed by atoms with E-state index in [1.165, 1.54) is 0 Å². The Bertz CT molecular complexity index is 771. The molecule has 25 heavy (non-hydrogen) atoms. The summed E-state index contributed by atoms with van der Waals surface area (Å²) in [5.41, 5.74) is -1.42. The molecule has 1 amide bonds. The van der Waals surface area contributed by atoms with Crippen LogP contribution < -0.4 is 5.32 Å². The van der Waals surface area contributed by atoms with Gasteiger partial charge in [-0.2, -0.15) is 17.6 Å². The molecule has 0 aliphatic heterocycles. The monoisotopic (exact) mass is 358 g/mol. The summed E-state index contributed by atoms with van der Waals surface area (Å²) in [5, 5.41) is 15.4. The molecule has 0 radical (unpaired) electrons. The number of nitrogens with zero attached hydrogens (tertiary/aromatic N) is 1. The highest BCUT2D eigenvalue weighted by Gasteiger charge is 2.31. The quantitative estimate of drug-likeness (QED) is 0.827. The number of halogens is 4. The first-order chi connectivity index (χ1) is 11.8. The Balaban J connectivity index is 1.77. The van der Waals surface area contributed by atoms with Crippen LogP contribution in [-0.2, 0) is 6.18 Å². The Morgan fingerprint density at radius 2 is 1.92 bits per heavy atom. The van der Waals surface area contributed by atoms with Gasteiger partial charge in [-0.25, -0.2) is 0 Å². The van der Waals surface area contributed by atoms with Gasteiger partial charge in [0.05, 0.1) is 11.7 Å². The van der Waals surface area contributed by atoms with Gasteiger partial charge in [-0.1, -0.05) is 17.3 Å². The lowest BCUT2D eigenvalue weighted by atomic mass is 10.1. The number of carbonyl (C=O) groups excluding carboxylic acids is 1. The van der Waals surface area contributed by atoms with Gasteiger partial charge in [0.2, 0.25) is 17.3 Å². The summed E-state index contributed by atoms with van der Waals surface area (Å²) >= 11 is 0. The van der Waals surface area contributed by atoms with E-state index in [-0.39, 0.29) is 11.6 Å². The molecule has 1 saturated carbocycles. The van der Waals surface area contributed by atoms with Gasteiger partial charge < -0.3 is 14.9 Å². The first kappa shape index (κ1) is 17.4. The van der Waals surface area contributed by atoms with E-state index < -0.39 is 41.0 Å². The van der Waals surface area contributed by atoms with E-state index in [9.17, 15) is 27.5 Å². The number of hydrogen-bond acceptors (Lipinski definition) is 4. The Hall–Kier alpha value is -2.42. The largest absolute Gasteiger partial charge is 0.416 e. The second kappa shape index (κ2) is 6.47. The number of aliphatic hydroxyl groups excluding tert-OH is 1. The fourth-order valence-corrected chi connectivity index (χ4v) is 2.75. The molecule has 1 aromatic heterocycles. The molecule has 1 fully saturated rings. The molecule has 3 rings (SSSR count). The third-order valence-corrected chi connectivity index (χ3v) is 4.07. The van der Waals surface area contributed by atoms with E-state index in [1.54, 1.807) is 0 Å². The molecular weight excluding hydrogens is 344 g/mol. The van der Waals surface area contributed by atoms with Gasteiger partial charge in [-0.15, -0.1) is 0 Å². The number of benzene rings is 1. The topological polar surface area (TPSA) is 75.4 Å². The van der Waals surface area contributed by atoms with E-state index in [1.807, 2.05) is 0 Å². The highest BCUT2D eigenvalue weighted by molar-refractivity contribution is 5.93. The highest BCUT2D eigenvalue weighted by atomic mass is 19.4. The first-order valence-corrected chi connectivity index (χ1v) is 7.57. The molecule has 2 aromatic rings. The minimum absolute atomic E-state index is 0.0355. The van der Waals surface area contributed by atoms with Crippen molar-refractivity contribution in [1.82, 2.24) is 10.5 Å². The SMILES string of the molecule is O=C(N[C@@H]1CC[C@H](O)C1)c1noc(-c2ccc(C(F)(F)F)cc2)c1F. The Kier molecular flexibility index (Phi) is 4.51. The molecule has 134 valence electrons. The number of aromatic nitrogens is 1. The lowest BCUT2D eigenvalue weighted by Crippen LogP contribution is -2.34. The summed E-state index contributed by atoms with van der Waals surface area (Å²) in [7, 11) is 0. The number of alkyl halides is 3. The number of nitrogens with one attached hydrogen (secondary N) is 1. The second-order valence-corrected chi connectivity index (χ2v) is 5.89. The van der Waals surface area contributed by atoms with Crippen molar-refractivity contribution >= 4 is 5.91 Å². The van der Waals surface area contributed by atoms with Crippen molar-refractivity contribution in [2.45, 2.75) is 37.6 Å². The van der Waals surface area contributed by atoms with Crippen molar-refractivity contribution in [3.8, 4) is 11.3 Å². The predicted molar refractivity (Wildman–Crippen MR) is 78.0 cm³/mol. The number of rotatable bonds is 3. The molecule has 9 heteroatoms. The van der Waals surface area contributed by atoms with Crippen LogP contribution in [0.1, 0.15) is 35.3 Å². The van der Waals surface area contributed by atoms with Crippen LogP contribution in [-0.4, -0.2) is 28.3 Å². The molecule has 0 unspecified atom stereocenters. The maximum Gasteiger partial charge on any atom is 0.416 e. The molecule has 1 heterocycles. The van der Waals surface area contributed by atoms with Crippen LogP contribution >= 0.6 is 0 Å². The summed E-state index contributed by atoms with van der Waals surface area (Å²) in [6, 6.07) is 3.38. The van der Waals surface area contributed by atoms with Gasteiger partial charge >= 0.3 is 6.18 Å². The van der Waals surface area contributed by atoms with Crippen LogP contribution in [0.2, 0.25) is 0 Å². The fourth-order valence-electron chi connectivity index (χ4n) is 2.75. The summed E-state index contributed by atoms with van der Waals surface area (Å²) in [5.74, 6) is -2.25. The van der Waals surface area contributed by atoms with E-state index in [2.05, 4.69) is 10.5 Å². The average Bonchev–Trinajstić information content (AvgIpc) is 3.12. The van der Waals surface area contributed by atoms with Gasteiger partial charge in [0.25, 0.3) is 5.91 Å². The number of hydrogen-bond donors (Lipinski definition) is 2. The highest BCUT2D eigenvalue weighted by Crippen LogP contribution is 2.32. The minimum Gasteiger partial charge on any atom is -0.393 e. The lowest BCUT2D eigenvalue weighted by Gasteiger charge is -2.10. The molecule has 5 nitrogen and oxygen atoms in total. The van der Waals surface area contributed by atoms with Crippen molar-refractivity contribution in [1.29, 1.82) is 0 Å². The van der Waals surface area contributed by atoms with E-state index >= 15 is 0 Å². The Morgan fingerprint density at radius 1 is 1.24 bits per heavy atom. The molecule has 1 aromatic carbocycles. The lowest BCUT2D eigenvalue weighted by molar-refractivity contribution is -0.137. The molecule has 0 spiro atoms. The Morgan fingerprint density at radius 3 is 2.48 bits per heavy atom. The normalized spacial score (nSPS) is 20.7. The summed E-state index contributed by atoms with van der Waals surface area (Å²) in [4.78, 5) is 12.1. The van der Waals surface area contributed by atoms with Crippen molar-refractivity contribution in [3.63, 3.8) is 0 Å². The van der Waals surface area contributed by atoms with Gasteiger partial charge in [-0.05, 0) is 31.4 Å². The molecule has 1 aliphatic rings. The van der Waals surface area contributed by atoms with E-state index in [0.29, 0.717) is 19.3 Å². The number of amides is 1. The maximum absolute atomic E-state index is 14.4. The average molecular weight is 358 g/mol. The maximum atomic E-state index is 14.4. The molecule has 0 saturated heterocycles. The second-order valence-electron chi connectivity index (χ2n) is 5.89. The number of aliphatic hydroxyl groups is 1. The summed E-state index contributed by atoms with van der Waals surface area (Å²) in [6.45, 7) is 0. The standard InChI is InChI=1S/C16H14F4N2O3/c17-12-13(15(24)21-10-5-6-11(23)7-10)22-25-14(12)8-1-3-9(4-2-8)16(18,19)20/h1-4,10-11,23H,5-7H2,(H,21,24)/t10-,11+/m1/s1. The zero-order chi connectivity index (χ0) is 18.2. The zero-order valence-corrected chi connectivity index (χ0v) is 12.8. The van der Waals surface area contributed by atoms with Crippen LogP contribution in [0.4, 0.5) is 17.6 Å².